The van der Waals surface area contributed by atoms with Crippen LogP contribution in [0.1, 0.15) is 4.88 Å². The van der Waals surface area contributed by atoms with Crippen molar-refractivity contribution >= 4 is 27.3 Å². The average molecular weight is 321 g/mol. The maximum absolute atomic E-state index is 13.1. The molecule has 0 saturated heterocycles. The monoisotopic (exact) mass is 320 g/mol. The van der Waals surface area contributed by atoms with Crippen LogP contribution >= 0.6 is 27.3 Å². The van der Waals surface area contributed by atoms with Gasteiger partial charge in [-0.3, -0.25) is 14.3 Å². The molecular weight excluding hydrogens is 315 g/mol. The summed E-state index contributed by atoms with van der Waals surface area (Å²) in [6.45, 7) is -0.00532. The number of nitrogens with zero attached hydrogens (tertiary/aromatic N) is 1. The number of halogens is 2. The van der Waals surface area contributed by atoms with Gasteiger partial charge in [0, 0.05) is 14.7 Å². The Kier molecular flexibility index (Phi) is 3.16. The van der Waals surface area contributed by atoms with Crippen molar-refractivity contribution in [2.24, 2.45) is 0 Å². The number of nitrogens with one attached hydrogen (secondary N) is 1. The summed E-state index contributed by atoms with van der Waals surface area (Å²) in [5, 5.41) is 11.2. The van der Waals surface area contributed by atoms with E-state index in [1.54, 1.807) is 16.4 Å². The third-order valence-corrected chi connectivity index (χ3v) is 3.74. The molecule has 2 N–H and O–H groups in total. The number of thiophene rings is 1. The summed E-state index contributed by atoms with van der Waals surface area (Å²) in [5.41, 5.74) is -2.07. The van der Waals surface area contributed by atoms with Crippen molar-refractivity contribution in [3.63, 3.8) is 0 Å². The molecule has 2 aromatic rings. The summed E-state index contributed by atoms with van der Waals surface area (Å²) >= 11 is 4.58. The topological polar surface area (TPSA) is 75.1 Å². The molecule has 0 bridgehead atoms. The molecule has 90 valence electrons. The zero-order valence-electron chi connectivity index (χ0n) is 8.24. The van der Waals surface area contributed by atoms with Gasteiger partial charge in [-0.25, -0.2) is 4.79 Å². The largest absolute Gasteiger partial charge is 0.492 e. The molecule has 2 aromatic heterocycles. The third-order valence-electron chi connectivity index (χ3n) is 2.05. The Balaban J connectivity index is 2.50. The third kappa shape index (κ3) is 2.32. The quantitative estimate of drug-likeness (QED) is 0.874. The van der Waals surface area contributed by atoms with E-state index in [9.17, 15) is 19.1 Å². The van der Waals surface area contributed by atoms with Crippen LogP contribution in [-0.2, 0) is 6.54 Å². The van der Waals surface area contributed by atoms with Gasteiger partial charge in [-0.15, -0.1) is 11.3 Å². The molecule has 0 aliphatic carbocycles. The summed E-state index contributed by atoms with van der Waals surface area (Å²) in [7, 11) is 0. The van der Waals surface area contributed by atoms with Crippen LogP contribution in [0, 0.1) is 5.82 Å². The molecule has 2 rings (SSSR count). The van der Waals surface area contributed by atoms with Crippen molar-refractivity contribution in [2.75, 3.05) is 0 Å². The Morgan fingerprint density at radius 3 is 2.82 bits per heavy atom. The number of aromatic hydroxyl groups is 1. The predicted octanol–water partition coefficient (Wildman–Crippen LogP) is 1.25. The van der Waals surface area contributed by atoms with E-state index in [2.05, 4.69) is 15.9 Å². The van der Waals surface area contributed by atoms with E-state index in [1.165, 1.54) is 11.3 Å². The van der Waals surface area contributed by atoms with E-state index in [1.807, 2.05) is 0 Å². The maximum atomic E-state index is 13.1. The van der Waals surface area contributed by atoms with Crippen LogP contribution in [0.2, 0.25) is 0 Å². The summed E-state index contributed by atoms with van der Waals surface area (Å²) in [6.07, 6.45) is 0. The van der Waals surface area contributed by atoms with Gasteiger partial charge in [0.15, 0.2) is 0 Å². The molecule has 0 saturated carbocycles. The Hall–Kier alpha value is -1.41. The highest BCUT2D eigenvalue weighted by molar-refractivity contribution is 9.10. The van der Waals surface area contributed by atoms with Gasteiger partial charge in [0.25, 0.3) is 5.56 Å². The first-order valence-electron chi connectivity index (χ1n) is 4.43. The molecule has 2 heterocycles. The number of rotatable bonds is 2. The van der Waals surface area contributed by atoms with Gasteiger partial charge < -0.3 is 5.11 Å². The van der Waals surface area contributed by atoms with Gasteiger partial charge in [-0.1, -0.05) is 0 Å². The molecule has 8 heteroatoms. The zero-order chi connectivity index (χ0) is 12.6. The van der Waals surface area contributed by atoms with E-state index < -0.39 is 22.9 Å². The summed E-state index contributed by atoms with van der Waals surface area (Å²) < 4.78 is 14.7. The number of H-pyrrole nitrogens is 1. The molecule has 5 nitrogen and oxygen atoms in total. The van der Waals surface area contributed by atoms with Gasteiger partial charge in [0.2, 0.25) is 11.7 Å². The Morgan fingerprint density at radius 1 is 1.53 bits per heavy atom. The van der Waals surface area contributed by atoms with Crippen molar-refractivity contribution in [1.82, 2.24) is 9.55 Å². The first-order chi connectivity index (χ1) is 7.99. The fourth-order valence-electron chi connectivity index (χ4n) is 1.27. The Labute approximate surface area is 106 Å². The number of hydrogen-bond donors (Lipinski definition) is 2. The van der Waals surface area contributed by atoms with Crippen molar-refractivity contribution in [1.29, 1.82) is 0 Å². The fraction of sp³-hybridized carbons (Fsp3) is 0.111. The maximum Gasteiger partial charge on any atom is 0.331 e. The van der Waals surface area contributed by atoms with E-state index >= 15 is 0 Å². The van der Waals surface area contributed by atoms with Crippen molar-refractivity contribution in [3.05, 3.63) is 47.5 Å². The lowest BCUT2D eigenvalue weighted by Crippen LogP contribution is -2.32. The van der Waals surface area contributed by atoms with Crippen molar-refractivity contribution < 1.29 is 9.50 Å². The van der Waals surface area contributed by atoms with E-state index in [0.29, 0.717) is 0 Å². The summed E-state index contributed by atoms with van der Waals surface area (Å²) in [4.78, 5) is 24.8. The molecule has 0 amide bonds. The molecule has 17 heavy (non-hydrogen) atoms. The minimum absolute atomic E-state index is 0.00532. The number of aromatic amines is 1. The Morgan fingerprint density at radius 2 is 2.24 bits per heavy atom. The summed E-state index contributed by atoms with van der Waals surface area (Å²) in [5.74, 6) is -2.32. The average Bonchev–Trinajstić information content (AvgIpc) is 2.67. The van der Waals surface area contributed by atoms with Crippen molar-refractivity contribution in [3.8, 4) is 5.88 Å². The van der Waals surface area contributed by atoms with E-state index in [-0.39, 0.29) is 6.54 Å². The highest BCUT2D eigenvalue weighted by Gasteiger charge is 2.14. The van der Waals surface area contributed by atoms with E-state index in [4.69, 9.17) is 0 Å². The van der Waals surface area contributed by atoms with Crippen LogP contribution in [0.4, 0.5) is 4.39 Å². The molecular formula is C9H6BrFN2O3S. The van der Waals surface area contributed by atoms with Crippen LogP contribution in [-0.4, -0.2) is 14.7 Å². The van der Waals surface area contributed by atoms with Gasteiger partial charge in [-0.2, -0.15) is 4.39 Å². The highest BCUT2D eigenvalue weighted by Crippen LogP contribution is 2.21. The zero-order valence-corrected chi connectivity index (χ0v) is 10.6. The van der Waals surface area contributed by atoms with Gasteiger partial charge in [-0.05, 0) is 22.0 Å². The first kappa shape index (κ1) is 12.1. The standard InChI is InChI=1S/C9H6BrFN2O3S/c10-4-1-5(17-3-4)2-13-8(15)6(11)7(14)12-9(13)16/h1,3,15H,2H2,(H,12,14,16). The highest BCUT2D eigenvalue weighted by atomic mass is 79.9. The molecule has 0 aliphatic rings. The second-order valence-corrected chi connectivity index (χ2v) is 5.13. The molecule has 0 unspecified atom stereocenters. The van der Waals surface area contributed by atoms with Crippen LogP contribution < -0.4 is 11.2 Å². The van der Waals surface area contributed by atoms with Gasteiger partial charge in [0.1, 0.15) is 0 Å². The van der Waals surface area contributed by atoms with Crippen LogP contribution in [0.3, 0.4) is 0 Å². The molecule has 0 spiro atoms. The first-order valence-corrected chi connectivity index (χ1v) is 6.11. The number of aromatic nitrogens is 2. The number of hydrogen-bond acceptors (Lipinski definition) is 4. The minimum Gasteiger partial charge on any atom is -0.492 e. The summed E-state index contributed by atoms with van der Waals surface area (Å²) in [6, 6.07) is 1.74. The van der Waals surface area contributed by atoms with Crippen LogP contribution in [0.15, 0.2) is 25.5 Å². The molecule has 0 aliphatic heterocycles. The molecule has 0 fully saturated rings. The van der Waals surface area contributed by atoms with Gasteiger partial charge in [0.05, 0.1) is 6.54 Å². The second kappa shape index (κ2) is 4.46. The van der Waals surface area contributed by atoms with Crippen LogP contribution in [0.5, 0.6) is 5.88 Å². The van der Waals surface area contributed by atoms with Crippen LogP contribution in [0.25, 0.3) is 0 Å². The normalized spacial score (nSPS) is 10.7. The minimum atomic E-state index is -1.36. The SMILES string of the molecule is O=c1[nH]c(=O)n(Cc2cc(Br)cs2)c(O)c1F. The molecule has 0 radical (unpaired) electrons. The Bertz CT molecular complexity index is 676. The second-order valence-electron chi connectivity index (χ2n) is 3.21. The predicted molar refractivity (Wildman–Crippen MR) is 64.1 cm³/mol. The lowest BCUT2D eigenvalue weighted by Gasteiger charge is -2.05. The smallest absolute Gasteiger partial charge is 0.331 e. The van der Waals surface area contributed by atoms with Gasteiger partial charge >= 0.3 is 5.69 Å². The lowest BCUT2D eigenvalue weighted by atomic mass is 10.4. The van der Waals surface area contributed by atoms with Crippen molar-refractivity contribution in [2.45, 2.75) is 6.54 Å². The molecule has 0 aromatic carbocycles. The lowest BCUT2D eigenvalue weighted by molar-refractivity contribution is 0.368. The molecule has 0 atom stereocenters. The van der Waals surface area contributed by atoms with E-state index in [0.717, 1.165) is 13.9 Å². The fourth-order valence-corrected chi connectivity index (χ4v) is 2.71.